The van der Waals surface area contributed by atoms with Crippen LogP contribution in [0.1, 0.15) is 38.8 Å². The first-order valence-electron chi connectivity index (χ1n) is 11.2. The smallest absolute Gasteiger partial charge is 0.234 e. The Hall–Kier alpha value is -1.71. The van der Waals surface area contributed by atoms with Gasteiger partial charge in [-0.25, -0.2) is 12.7 Å². The fraction of sp³-hybridized carbons (Fsp3) is 0.480. The van der Waals surface area contributed by atoms with Crippen molar-refractivity contribution >= 4 is 50.7 Å². The van der Waals surface area contributed by atoms with E-state index >= 15 is 0 Å². The van der Waals surface area contributed by atoms with Gasteiger partial charge in [0, 0.05) is 24.8 Å². The molecule has 0 aliphatic heterocycles. The molecule has 0 aromatic heterocycles. The normalized spacial score (nSPS) is 13.7. The third kappa shape index (κ3) is 8.15. The molecule has 7 nitrogen and oxygen atoms in total. The summed E-state index contributed by atoms with van der Waals surface area (Å²) in [7, 11) is -3.62. The molecule has 0 fully saturated rings. The standard InChI is InChI=1S/C25H32Cl3NO6S/c1-16(13-29(17(2)30)36(5,32)33)14-34-21-8-6-18(7-9-21)25(3,4)19-10-22(27)24(23(28)11-19)35-15-20(31)12-26/h6-11,16,20,31H,12-15H2,1-5H3. The summed E-state index contributed by atoms with van der Waals surface area (Å²) in [6, 6.07) is 11.1. The largest absolute Gasteiger partial charge is 0.493 e. The molecule has 0 saturated carbocycles. The number of sulfonamides is 1. The molecule has 2 aromatic rings. The van der Waals surface area contributed by atoms with Crippen LogP contribution in [0.3, 0.4) is 0 Å². The van der Waals surface area contributed by atoms with Gasteiger partial charge in [0.25, 0.3) is 0 Å². The summed E-state index contributed by atoms with van der Waals surface area (Å²) in [5.74, 6) is 0.224. The predicted octanol–water partition coefficient (Wildman–Crippen LogP) is 5.12. The Bertz CT molecular complexity index is 1130. The number of carbonyl (C=O) groups excluding carboxylic acids is 1. The van der Waals surface area contributed by atoms with Crippen LogP contribution in [-0.4, -0.2) is 61.7 Å². The van der Waals surface area contributed by atoms with Crippen molar-refractivity contribution in [3.8, 4) is 11.5 Å². The zero-order valence-electron chi connectivity index (χ0n) is 20.9. The number of ether oxygens (including phenoxy) is 2. The molecule has 2 unspecified atom stereocenters. The summed E-state index contributed by atoms with van der Waals surface area (Å²) in [6.45, 7) is 7.38. The first kappa shape index (κ1) is 30.5. The van der Waals surface area contributed by atoms with Gasteiger partial charge in [-0.05, 0) is 35.4 Å². The molecule has 1 N–H and O–H groups in total. The maximum Gasteiger partial charge on any atom is 0.234 e. The Morgan fingerprint density at radius 2 is 1.61 bits per heavy atom. The van der Waals surface area contributed by atoms with Gasteiger partial charge < -0.3 is 14.6 Å². The number of hydrogen-bond acceptors (Lipinski definition) is 6. The lowest BCUT2D eigenvalue weighted by molar-refractivity contribution is -0.124. The topological polar surface area (TPSA) is 93.1 Å². The van der Waals surface area contributed by atoms with Gasteiger partial charge in [0.2, 0.25) is 15.9 Å². The highest BCUT2D eigenvalue weighted by molar-refractivity contribution is 7.88. The zero-order chi connectivity index (χ0) is 27.3. The van der Waals surface area contributed by atoms with Crippen molar-refractivity contribution in [3.05, 3.63) is 57.6 Å². The van der Waals surface area contributed by atoms with Crippen LogP contribution < -0.4 is 9.47 Å². The molecule has 36 heavy (non-hydrogen) atoms. The van der Waals surface area contributed by atoms with Crippen molar-refractivity contribution < 1.29 is 27.8 Å². The van der Waals surface area contributed by atoms with E-state index in [1.807, 2.05) is 45.0 Å². The van der Waals surface area contributed by atoms with Crippen LogP contribution >= 0.6 is 34.8 Å². The molecule has 0 bridgehead atoms. The minimum absolute atomic E-state index is 0.0210. The van der Waals surface area contributed by atoms with Crippen LogP contribution in [-0.2, 0) is 20.2 Å². The Morgan fingerprint density at radius 3 is 2.08 bits per heavy atom. The number of rotatable bonds is 12. The highest BCUT2D eigenvalue weighted by Crippen LogP contribution is 2.40. The number of halogens is 3. The fourth-order valence-electron chi connectivity index (χ4n) is 3.49. The summed E-state index contributed by atoms with van der Waals surface area (Å²) >= 11 is 18.5. The minimum atomic E-state index is -3.62. The lowest BCUT2D eigenvalue weighted by Gasteiger charge is -2.27. The van der Waals surface area contributed by atoms with Crippen molar-refractivity contribution in [3.63, 3.8) is 0 Å². The minimum Gasteiger partial charge on any atom is -0.493 e. The number of amides is 1. The highest BCUT2D eigenvalue weighted by Gasteiger charge is 2.26. The molecule has 0 spiro atoms. The number of nitrogens with zero attached hydrogens (tertiary/aromatic N) is 1. The van der Waals surface area contributed by atoms with Gasteiger partial charge >= 0.3 is 0 Å². The second-order valence-corrected chi connectivity index (χ2v) is 12.3. The molecule has 2 aromatic carbocycles. The predicted molar refractivity (Wildman–Crippen MR) is 144 cm³/mol. The maximum absolute atomic E-state index is 11.8. The van der Waals surface area contributed by atoms with Gasteiger partial charge in [0.05, 0.1) is 28.8 Å². The van der Waals surface area contributed by atoms with Crippen molar-refractivity contribution in [1.29, 1.82) is 0 Å². The van der Waals surface area contributed by atoms with Crippen molar-refractivity contribution in [2.24, 2.45) is 5.92 Å². The molecule has 0 aliphatic carbocycles. The first-order chi connectivity index (χ1) is 16.7. The van der Waals surface area contributed by atoms with E-state index in [9.17, 15) is 18.3 Å². The lowest BCUT2D eigenvalue weighted by atomic mass is 9.78. The highest BCUT2D eigenvalue weighted by atomic mass is 35.5. The number of aliphatic hydroxyl groups excluding tert-OH is 1. The molecule has 11 heteroatoms. The molecular weight excluding hydrogens is 549 g/mol. The molecule has 2 atom stereocenters. The van der Waals surface area contributed by atoms with E-state index in [1.165, 1.54) is 6.92 Å². The Morgan fingerprint density at radius 1 is 1.06 bits per heavy atom. The SMILES string of the molecule is CC(=O)N(CC(C)COc1ccc(C(C)(C)c2cc(Cl)c(OCC(O)CCl)c(Cl)c2)cc1)S(C)(=O)=O. The van der Waals surface area contributed by atoms with Crippen LogP contribution in [0.2, 0.25) is 10.0 Å². The summed E-state index contributed by atoms with van der Waals surface area (Å²) < 4.78 is 35.8. The Labute approximate surface area is 228 Å². The first-order valence-corrected chi connectivity index (χ1v) is 14.4. The molecular formula is C25H32Cl3NO6S. The number of benzene rings is 2. The average Bonchev–Trinajstić information content (AvgIpc) is 2.79. The Kier molecular flexibility index (Phi) is 10.8. The van der Waals surface area contributed by atoms with E-state index in [0.717, 1.165) is 21.7 Å². The van der Waals surface area contributed by atoms with Gasteiger partial charge in [0.1, 0.15) is 18.5 Å². The maximum atomic E-state index is 11.8. The van der Waals surface area contributed by atoms with Crippen molar-refractivity contribution in [2.45, 2.75) is 39.2 Å². The van der Waals surface area contributed by atoms with Crippen LogP contribution in [0.4, 0.5) is 0 Å². The quantitative estimate of drug-likeness (QED) is 0.350. The van der Waals surface area contributed by atoms with Gasteiger partial charge in [-0.1, -0.05) is 56.1 Å². The van der Waals surface area contributed by atoms with Crippen LogP contribution in [0, 0.1) is 5.92 Å². The summed E-state index contributed by atoms with van der Waals surface area (Å²) in [4.78, 5) is 11.6. The van der Waals surface area contributed by atoms with Gasteiger partial charge in [0.15, 0.2) is 5.75 Å². The number of alkyl halides is 1. The third-order valence-electron chi connectivity index (χ3n) is 5.66. The van der Waals surface area contributed by atoms with E-state index in [1.54, 1.807) is 12.1 Å². The van der Waals surface area contributed by atoms with E-state index in [2.05, 4.69) is 0 Å². The molecule has 0 saturated heterocycles. The molecule has 0 aliphatic rings. The van der Waals surface area contributed by atoms with E-state index in [0.29, 0.717) is 21.5 Å². The lowest BCUT2D eigenvalue weighted by Crippen LogP contribution is -2.38. The van der Waals surface area contributed by atoms with Gasteiger partial charge in [-0.2, -0.15) is 0 Å². The Balaban J connectivity index is 2.10. The number of aliphatic hydroxyl groups is 1. The number of carbonyl (C=O) groups is 1. The molecule has 2 rings (SSSR count). The van der Waals surface area contributed by atoms with Gasteiger partial charge in [-0.15, -0.1) is 11.6 Å². The number of hydrogen-bond donors (Lipinski definition) is 1. The van der Waals surface area contributed by atoms with Crippen molar-refractivity contribution in [1.82, 2.24) is 4.31 Å². The summed E-state index contributed by atoms with van der Waals surface area (Å²) in [5, 5.41) is 10.3. The van der Waals surface area contributed by atoms with Crippen molar-refractivity contribution in [2.75, 3.05) is 31.9 Å². The molecule has 0 radical (unpaired) electrons. The molecule has 200 valence electrons. The second kappa shape index (κ2) is 12.7. The monoisotopic (exact) mass is 579 g/mol. The summed E-state index contributed by atoms with van der Waals surface area (Å²) in [5.41, 5.74) is 1.40. The van der Waals surface area contributed by atoms with Gasteiger partial charge in [-0.3, -0.25) is 4.79 Å². The fourth-order valence-corrected chi connectivity index (χ4v) is 5.17. The second-order valence-electron chi connectivity index (χ2n) is 9.27. The zero-order valence-corrected chi connectivity index (χ0v) is 24.0. The van der Waals surface area contributed by atoms with E-state index < -0.39 is 27.4 Å². The van der Waals surface area contributed by atoms with Crippen LogP contribution in [0.5, 0.6) is 11.5 Å². The average molecular weight is 581 g/mol. The molecule has 0 heterocycles. The summed E-state index contributed by atoms with van der Waals surface area (Å²) in [6.07, 6.45) is 0.182. The van der Waals surface area contributed by atoms with E-state index in [4.69, 9.17) is 44.3 Å². The third-order valence-corrected chi connectivity index (χ3v) is 7.78. The molecule has 1 amide bonds. The van der Waals surface area contributed by atoms with Crippen LogP contribution in [0.15, 0.2) is 36.4 Å². The van der Waals surface area contributed by atoms with Crippen LogP contribution in [0.25, 0.3) is 0 Å². The van der Waals surface area contributed by atoms with E-state index in [-0.39, 0.29) is 31.6 Å².